The SMILES string of the molecule is COC(=O)C1CCCN1S(=O)(=O)c1ccc2c(c1)CCO2. The highest BCUT2D eigenvalue weighted by molar-refractivity contribution is 7.89. The van der Waals surface area contributed by atoms with Crippen LogP contribution in [0.4, 0.5) is 0 Å². The van der Waals surface area contributed by atoms with Gasteiger partial charge in [-0.1, -0.05) is 0 Å². The zero-order valence-electron chi connectivity index (χ0n) is 11.7. The normalized spacial score (nSPS) is 21.9. The molecular formula is C14H17NO5S. The molecule has 1 fully saturated rings. The summed E-state index contributed by atoms with van der Waals surface area (Å²) in [6.45, 7) is 0.920. The van der Waals surface area contributed by atoms with Crippen molar-refractivity contribution in [3.63, 3.8) is 0 Å². The van der Waals surface area contributed by atoms with E-state index in [-0.39, 0.29) is 4.90 Å². The molecule has 2 aliphatic rings. The molecule has 6 nitrogen and oxygen atoms in total. The van der Waals surface area contributed by atoms with Crippen molar-refractivity contribution in [3.8, 4) is 5.75 Å². The summed E-state index contributed by atoms with van der Waals surface area (Å²) in [5.41, 5.74) is 0.893. The largest absolute Gasteiger partial charge is 0.493 e. The lowest BCUT2D eigenvalue weighted by Crippen LogP contribution is -2.41. The second kappa shape index (κ2) is 5.31. The number of carbonyl (C=O) groups is 1. The minimum absolute atomic E-state index is 0.211. The van der Waals surface area contributed by atoms with E-state index in [1.54, 1.807) is 12.1 Å². The third kappa shape index (κ3) is 2.40. The summed E-state index contributed by atoms with van der Waals surface area (Å²) >= 11 is 0. The molecule has 21 heavy (non-hydrogen) atoms. The van der Waals surface area contributed by atoms with Gasteiger partial charge in [0.15, 0.2) is 0 Å². The van der Waals surface area contributed by atoms with Crippen LogP contribution < -0.4 is 4.74 Å². The summed E-state index contributed by atoms with van der Waals surface area (Å²) in [4.78, 5) is 12.0. The Balaban J connectivity index is 1.94. The average molecular weight is 311 g/mol. The number of methoxy groups -OCH3 is 1. The molecule has 0 radical (unpaired) electrons. The summed E-state index contributed by atoms with van der Waals surface area (Å²) in [7, 11) is -2.41. The number of esters is 1. The fraction of sp³-hybridized carbons (Fsp3) is 0.500. The Morgan fingerprint density at radius 1 is 1.43 bits per heavy atom. The predicted molar refractivity (Wildman–Crippen MR) is 74.6 cm³/mol. The van der Waals surface area contributed by atoms with Crippen molar-refractivity contribution < 1.29 is 22.7 Å². The smallest absolute Gasteiger partial charge is 0.324 e. The number of nitrogens with zero attached hydrogens (tertiary/aromatic N) is 1. The van der Waals surface area contributed by atoms with Crippen LogP contribution >= 0.6 is 0 Å². The van der Waals surface area contributed by atoms with E-state index in [0.29, 0.717) is 32.4 Å². The van der Waals surface area contributed by atoms with E-state index in [9.17, 15) is 13.2 Å². The predicted octanol–water partition coefficient (Wildman–Crippen LogP) is 0.948. The highest BCUT2D eigenvalue weighted by Gasteiger charge is 2.40. The maximum absolute atomic E-state index is 12.7. The van der Waals surface area contributed by atoms with Crippen molar-refractivity contribution >= 4 is 16.0 Å². The van der Waals surface area contributed by atoms with Crippen molar-refractivity contribution in [2.24, 2.45) is 0 Å². The lowest BCUT2D eigenvalue weighted by Gasteiger charge is -2.22. The number of rotatable bonds is 3. The molecular weight excluding hydrogens is 294 g/mol. The molecule has 0 bridgehead atoms. The molecule has 0 spiro atoms. The van der Waals surface area contributed by atoms with Crippen LogP contribution in [0.25, 0.3) is 0 Å². The number of carbonyl (C=O) groups excluding carboxylic acids is 1. The lowest BCUT2D eigenvalue weighted by molar-refractivity contribution is -0.144. The first-order valence-electron chi connectivity index (χ1n) is 6.89. The third-order valence-electron chi connectivity index (χ3n) is 3.94. The average Bonchev–Trinajstić information content (AvgIpc) is 3.14. The molecule has 1 aromatic rings. The number of hydrogen-bond donors (Lipinski definition) is 0. The highest BCUT2D eigenvalue weighted by Crippen LogP contribution is 2.31. The fourth-order valence-corrected chi connectivity index (χ4v) is 4.56. The van der Waals surface area contributed by atoms with Crippen LogP contribution in [0.3, 0.4) is 0 Å². The molecule has 114 valence electrons. The molecule has 1 atom stereocenters. The lowest BCUT2D eigenvalue weighted by atomic mass is 10.2. The van der Waals surface area contributed by atoms with Gasteiger partial charge in [0, 0.05) is 13.0 Å². The minimum Gasteiger partial charge on any atom is -0.493 e. The van der Waals surface area contributed by atoms with Crippen LogP contribution in [-0.4, -0.2) is 45.0 Å². The van der Waals surface area contributed by atoms with Gasteiger partial charge in [-0.25, -0.2) is 8.42 Å². The van der Waals surface area contributed by atoms with E-state index >= 15 is 0 Å². The molecule has 0 aromatic heterocycles. The van der Waals surface area contributed by atoms with Crippen LogP contribution in [0, 0.1) is 0 Å². The zero-order valence-corrected chi connectivity index (χ0v) is 12.6. The van der Waals surface area contributed by atoms with Gasteiger partial charge in [-0.3, -0.25) is 4.79 Å². The molecule has 2 aliphatic heterocycles. The van der Waals surface area contributed by atoms with Crippen molar-refractivity contribution in [1.29, 1.82) is 0 Å². The Morgan fingerprint density at radius 2 is 2.24 bits per heavy atom. The number of ether oxygens (including phenoxy) is 2. The number of sulfonamides is 1. The maximum Gasteiger partial charge on any atom is 0.324 e. The summed E-state index contributed by atoms with van der Waals surface area (Å²) < 4.78 is 36.8. The van der Waals surface area contributed by atoms with Gasteiger partial charge in [-0.05, 0) is 36.6 Å². The summed E-state index contributed by atoms with van der Waals surface area (Å²) in [6, 6.07) is 4.14. The second-order valence-corrected chi connectivity index (χ2v) is 7.06. The Bertz CT molecular complexity index is 670. The van der Waals surface area contributed by atoms with Gasteiger partial charge < -0.3 is 9.47 Å². The Labute approximate surface area is 123 Å². The number of benzene rings is 1. The third-order valence-corrected chi connectivity index (χ3v) is 5.85. The Kier molecular flexibility index (Phi) is 3.62. The van der Waals surface area contributed by atoms with Crippen molar-refractivity contribution in [3.05, 3.63) is 23.8 Å². The van der Waals surface area contributed by atoms with Gasteiger partial charge in [-0.2, -0.15) is 4.31 Å². The quantitative estimate of drug-likeness (QED) is 0.777. The van der Waals surface area contributed by atoms with Crippen molar-refractivity contribution in [1.82, 2.24) is 4.31 Å². The molecule has 2 heterocycles. The summed E-state index contributed by atoms with van der Waals surface area (Å²) in [5.74, 6) is 0.237. The topological polar surface area (TPSA) is 72.9 Å². The molecule has 0 N–H and O–H groups in total. The van der Waals surface area contributed by atoms with Gasteiger partial charge in [0.25, 0.3) is 0 Å². The van der Waals surface area contributed by atoms with Crippen molar-refractivity contribution in [2.75, 3.05) is 20.3 Å². The molecule has 0 aliphatic carbocycles. The van der Waals surface area contributed by atoms with Crippen LogP contribution in [0.2, 0.25) is 0 Å². The van der Waals surface area contributed by atoms with Crippen LogP contribution in [0.15, 0.2) is 23.1 Å². The van der Waals surface area contributed by atoms with E-state index in [4.69, 9.17) is 9.47 Å². The van der Waals surface area contributed by atoms with Gasteiger partial charge in [0.2, 0.25) is 10.0 Å². The molecule has 1 aromatic carbocycles. The van der Waals surface area contributed by atoms with Gasteiger partial charge in [0.1, 0.15) is 11.8 Å². The minimum atomic E-state index is -3.69. The molecule has 1 unspecified atom stereocenters. The van der Waals surface area contributed by atoms with Crippen molar-refractivity contribution in [2.45, 2.75) is 30.2 Å². The monoisotopic (exact) mass is 311 g/mol. The molecule has 0 saturated carbocycles. The van der Waals surface area contributed by atoms with Gasteiger partial charge in [0.05, 0.1) is 18.6 Å². The molecule has 1 saturated heterocycles. The number of fused-ring (bicyclic) bond motifs is 1. The maximum atomic E-state index is 12.7. The van der Waals surface area contributed by atoms with E-state index < -0.39 is 22.0 Å². The standard InChI is InChI=1S/C14H17NO5S/c1-19-14(16)12-3-2-7-15(12)21(17,18)11-4-5-13-10(9-11)6-8-20-13/h4-5,9,12H,2-3,6-8H2,1H3. The second-order valence-electron chi connectivity index (χ2n) is 5.16. The zero-order chi connectivity index (χ0) is 15.0. The van der Waals surface area contributed by atoms with Crippen LogP contribution in [0.5, 0.6) is 5.75 Å². The highest BCUT2D eigenvalue weighted by atomic mass is 32.2. The Hall–Kier alpha value is -1.60. The fourth-order valence-electron chi connectivity index (χ4n) is 2.86. The van der Waals surface area contributed by atoms with Crippen LogP contribution in [-0.2, 0) is 26.0 Å². The van der Waals surface area contributed by atoms with Crippen LogP contribution in [0.1, 0.15) is 18.4 Å². The van der Waals surface area contributed by atoms with E-state index in [1.165, 1.54) is 17.5 Å². The first-order chi connectivity index (χ1) is 10.0. The Morgan fingerprint density at radius 3 is 3.00 bits per heavy atom. The van der Waals surface area contributed by atoms with E-state index in [2.05, 4.69) is 0 Å². The summed E-state index contributed by atoms with van der Waals surface area (Å²) in [5, 5.41) is 0. The molecule has 7 heteroatoms. The van der Waals surface area contributed by atoms with Gasteiger partial charge in [-0.15, -0.1) is 0 Å². The van der Waals surface area contributed by atoms with Gasteiger partial charge >= 0.3 is 5.97 Å². The van der Waals surface area contributed by atoms with E-state index in [1.807, 2.05) is 0 Å². The number of hydrogen-bond acceptors (Lipinski definition) is 5. The van der Waals surface area contributed by atoms with E-state index in [0.717, 1.165) is 11.3 Å². The molecule has 3 rings (SSSR count). The summed E-state index contributed by atoms with van der Waals surface area (Å²) in [6.07, 6.45) is 1.87. The molecule has 0 amide bonds. The first-order valence-corrected chi connectivity index (χ1v) is 8.33. The first kappa shape index (κ1) is 14.3.